The van der Waals surface area contributed by atoms with Crippen LogP contribution in [0.1, 0.15) is 31.4 Å². The van der Waals surface area contributed by atoms with Crippen molar-refractivity contribution in [2.45, 2.75) is 31.7 Å². The number of nitrogens with one attached hydrogen (secondary N) is 1. The Kier molecular flexibility index (Phi) is 4.60. The number of nitrogens with two attached hydrogens (primary N) is 1. The van der Waals surface area contributed by atoms with Crippen LogP contribution in [0.15, 0.2) is 36.7 Å². The molecule has 0 aliphatic heterocycles. The number of rotatable bonds is 6. The van der Waals surface area contributed by atoms with E-state index in [2.05, 4.69) is 21.5 Å². The molecule has 8 heteroatoms. The molecule has 0 bridgehead atoms. The van der Waals surface area contributed by atoms with Gasteiger partial charge in [-0.15, -0.1) is 0 Å². The summed E-state index contributed by atoms with van der Waals surface area (Å²) in [6.07, 6.45) is 7.27. The van der Waals surface area contributed by atoms with Crippen LogP contribution >= 0.6 is 0 Å². The molecule has 0 spiro atoms. The molecule has 5 rings (SSSR count). The second-order valence-electron chi connectivity index (χ2n) is 8.16. The third kappa shape index (κ3) is 3.72. The first-order valence-corrected chi connectivity index (χ1v) is 10.2. The third-order valence-electron chi connectivity index (χ3n) is 5.70. The summed E-state index contributed by atoms with van der Waals surface area (Å²) in [7, 11) is 0. The summed E-state index contributed by atoms with van der Waals surface area (Å²) < 4.78 is 7.76. The van der Waals surface area contributed by atoms with Gasteiger partial charge in [-0.3, -0.25) is 4.79 Å². The molecular weight excluding hydrogens is 380 g/mol. The van der Waals surface area contributed by atoms with Crippen LogP contribution in [0.25, 0.3) is 16.6 Å². The van der Waals surface area contributed by atoms with Crippen molar-refractivity contribution in [2.75, 3.05) is 11.9 Å². The number of pyridine rings is 2. The molecule has 1 amide bonds. The van der Waals surface area contributed by atoms with Crippen molar-refractivity contribution in [3.8, 4) is 22.9 Å². The van der Waals surface area contributed by atoms with Gasteiger partial charge in [0.2, 0.25) is 5.91 Å². The molecule has 3 N–H and O–H groups in total. The molecule has 2 aliphatic rings. The van der Waals surface area contributed by atoms with E-state index >= 15 is 0 Å². The van der Waals surface area contributed by atoms with Crippen LogP contribution in [0.3, 0.4) is 0 Å². The molecule has 0 aromatic carbocycles. The molecule has 0 saturated heterocycles. The fourth-order valence-corrected chi connectivity index (χ4v) is 3.77. The fourth-order valence-electron chi connectivity index (χ4n) is 3.77. The molecular formula is C22H22N6O2. The molecule has 3 aromatic heterocycles. The topological polar surface area (TPSA) is 118 Å². The normalized spacial score (nSPS) is 20.4. The Labute approximate surface area is 173 Å². The molecule has 3 aromatic rings. The van der Waals surface area contributed by atoms with Gasteiger partial charge in [-0.05, 0) is 55.4 Å². The molecule has 3 heterocycles. The minimum Gasteiger partial charge on any atom is -0.491 e. The maximum Gasteiger partial charge on any atom is 0.228 e. The van der Waals surface area contributed by atoms with E-state index in [0.717, 1.165) is 42.3 Å². The number of aromatic nitrogens is 3. The first-order valence-electron chi connectivity index (χ1n) is 10.2. The quantitative estimate of drug-likeness (QED) is 0.654. The second-order valence-corrected chi connectivity index (χ2v) is 8.16. The zero-order chi connectivity index (χ0) is 20.7. The van der Waals surface area contributed by atoms with E-state index in [1.807, 2.05) is 24.4 Å². The minimum atomic E-state index is 0.0258. The number of fused-ring (bicyclic) bond motifs is 1. The molecule has 0 unspecified atom stereocenters. The van der Waals surface area contributed by atoms with Gasteiger partial charge in [-0.2, -0.15) is 10.4 Å². The zero-order valence-corrected chi connectivity index (χ0v) is 16.4. The van der Waals surface area contributed by atoms with E-state index in [0.29, 0.717) is 29.8 Å². The number of ether oxygens (including phenoxy) is 1. The lowest BCUT2D eigenvalue weighted by atomic mass is 9.81. The number of carbonyl (C=O) groups is 1. The highest BCUT2D eigenvalue weighted by Crippen LogP contribution is 2.34. The van der Waals surface area contributed by atoms with Gasteiger partial charge in [0.15, 0.2) is 5.82 Å². The Bertz CT molecular complexity index is 1150. The van der Waals surface area contributed by atoms with Crippen molar-refractivity contribution in [1.82, 2.24) is 14.6 Å². The summed E-state index contributed by atoms with van der Waals surface area (Å²) in [5.74, 6) is 1.78. The van der Waals surface area contributed by atoms with Gasteiger partial charge in [0.25, 0.3) is 0 Å². The molecule has 0 atom stereocenters. The van der Waals surface area contributed by atoms with Crippen LogP contribution in [0.4, 0.5) is 5.82 Å². The Balaban J connectivity index is 1.42. The molecule has 2 saturated carbocycles. The van der Waals surface area contributed by atoms with Crippen LogP contribution in [0.2, 0.25) is 0 Å². The fraction of sp³-hybridized carbons (Fsp3) is 0.364. The number of hydrogen-bond acceptors (Lipinski definition) is 6. The number of carbonyl (C=O) groups excluding carboxylic acids is 1. The summed E-state index contributed by atoms with van der Waals surface area (Å²) in [6.45, 7) is 0.584. The minimum absolute atomic E-state index is 0.0258. The van der Waals surface area contributed by atoms with Crippen molar-refractivity contribution in [3.63, 3.8) is 0 Å². The van der Waals surface area contributed by atoms with Gasteiger partial charge in [0.1, 0.15) is 17.5 Å². The van der Waals surface area contributed by atoms with E-state index < -0.39 is 0 Å². The average molecular weight is 402 g/mol. The van der Waals surface area contributed by atoms with E-state index in [-0.39, 0.29) is 17.9 Å². The van der Waals surface area contributed by atoms with E-state index in [4.69, 9.17) is 10.5 Å². The summed E-state index contributed by atoms with van der Waals surface area (Å²) in [5.41, 5.74) is 8.72. The number of nitrogens with zero attached hydrogens (tertiary/aromatic N) is 4. The van der Waals surface area contributed by atoms with Gasteiger partial charge >= 0.3 is 0 Å². The van der Waals surface area contributed by atoms with Gasteiger partial charge in [0, 0.05) is 29.8 Å². The Hall–Kier alpha value is -3.44. The summed E-state index contributed by atoms with van der Waals surface area (Å²) in [6, 6.07) is 9.81. The van der Waals surface area contributed by atoms with Crippen LogP contribution in [-0.4, -0.2) is 33.2 Å². The van der Waals surface area contributed by atoms with Gasteiger partial charge in [-0.1, -0.05) is 0 Å². The van der Waals surface area contributed by atoms with Crippen molar-refractivity contribution >= 4 is 17.2 Å². The molecule has 2 fully saturated rings. The summed E-state index contributed by atoms with van der Waals surface area (Å²) >= 11 is 0. The third-order valence-corrected chi connectivity index (χ3v) is 5.70. The van der Waals surface area contributed by atoms with Crippen molar-refractivity contribution < 1.29 is 9.53 Å². The molecule has 8 nitrogen and oxygen atoms in total. The number of amides is 1. The van der Waals surface area contributed by atoms with Crippen LogP contribution in [0, 0.1) is 23.2 Å². The zero-order valence-electron chi connectivity index (χ0n) is 16.4. The molecule has 2 aliphatic carbocycles. The predicted molar refractivity (Wildman–Crippen MR) is 111 cm³/mol. The van der Waals surface area contributed by atoms with Crippen LogP contribution < -0.4 is 15.8 Å². The maximum absolute atomic E-state index is 12.0. The maximum atomic E-state index is 12.0. The number of anilines is 1. The van der Waals surface area contributed by atoms with E-state index in [1.165, 1.54) is 0 Å². The predicted octanol–water partition coefficient (Wildman–Crippen LogP) is 2.73. The number of nitriles is 1. The average Bonchev–Trinajstić information content (AvgIpc) is 3.50. The van der Waals surface area contributed by atoms with Crippen LogP contribution in [-0.2, 0) is 4.79 Å². The Morgan fingerprint density at radius 1 is 1.33 bits per heavy atom. The van der Waals surface area contributed by atoms with E-state index in [9.17, 15) is 10.1 Å². The summed E-state index contributed by atoms with van der Waals surface area (Å²) in [4.78, 5) is 16.2. The lowest BCUT2D eigenvalue weighted by Gasteiger charge is -2.32. The monoisotopic (exact) mass is 402 g/mol. The van der Waals surface area contributed by atoms with Crippen LogP contribution in [0.5, 0.6) is 5.75 Å². The molecule has 152 valence electrons. The second kappa shape index (κ2) is 7.43. The van der Waals surface area contributed by atoms with Gasteiger partial charge < -0.3 is 15.8 Å². The van der Waals surface area contributed by atoms with Gasteiger partial charge in [-0.25, -0.2) is 9.50 Å². The first kappa shape index (κ1) is 18.6. The van der Waals surface area contributed by atoms with E-state index in [1.54, 1.807) is 16.8 Å². The highest BCUT2D eigenvalue weighted by Gasteiger charge is 2.30. The largest absolute Gasteiger partial charge is 0.491 e. The lowest BCUT2D eigenvalue weighted by Crippen LogP contribution is -2.39. The smallest absolute Gasteiger partial charge is 0.228 e. The SMILES string of the molecule is N#Cc1cc(-c2ccn3nc(NC(=O)C4CC4)cc3c2)c(OC[C@H]2C[C@@H](N)C2)cn1. The highest BCUT2D eigenvalue weighted by atomic mass is 16.5. The molecule has 30 heavy (non-hydrogen) atoms. The van der Waals surface area contributed by atoms with Gasteiger partial charge in [0.05, 0.1) is 18.3 Å². The first-order chi connectivity index (χ1) is 14.6. The Morgan fingerprint density at radius 2 is 2.17 bits per heavy atom. The van der Waals surface area contributed by atoms with Crippen molar-refractivity contribution in [1.29, 1.82) is 5.26 Å². The highest BCUT2D eigenvalue weighted by molar-refractivity contribution is 5.93. The van der Waals surface area contributed by atoms with Crippen molar-refractivity contribution in [2.24, 2.45) is 17.6 Å². The summed E-state index contributed by atoms with van der Waals surface area (Å²) in [5, 5.41) is 16.6. The lowest BCUT2D eigenvalue weighted by molar-refractivity contribution is -0.117. The Morgan fingerprint density at radius 3 is 2.90 bits per heavy atom. The number of hydrogen-bond donors (Lipinski definition) is 2. The molecule has 0 radical (unpaired) electrons. The van der Waals surface area contributed by atoms with Crippen molar-refractivity contribution in [3.05, 3.63) is 42.4 Å². The standard InChI is InChI=1S/C22H22N6O2/c23-10-17-8-19(20(11-25-17)30-12-13-5-16(24)6-13)15-3-4-28-18(7-15)9-21(27-28)26-22(29)14-1-2-14/h3-4,7-9,11,13-14,16H,1-2,5-6,12,24H2,(H,26,27,29)/t13-,16+.